The molecule has 3 heterocycles. The molecule has 5 heteroatoms. The quantitative estimate of drug-likeness (QED) is 0.156. The fourth-order valence-corrected chi connectivity index (χ4v) is 8.49. The van der Waals surface area contributed by atoms with Crippen LogP contribution in [0.25, 0.3) is 43.0 Å². The maximum atomic E-state index is 13.5. The number of aryl methyl sites for hydroxylation is 3. The number of rotatable bonds is 2. The monoisotopic (exact) mass is 559 g/mol. The minimum Gasteiger partial charge on any atom is -0.307 e. The Morgan fingerprint density at radius 3 is 1.85 bits per heavy atom. The molecule has 1 aliphatic rings. The van der Waals surface area contributed by atoms with Gasteiger partial charge in [0.25, 0.3) is 0 Å². The van der Waals surface area contributed by atoms with Crippen molar-refractivity contribution in [1.82, 2.24) is 4.57 Å². The van der Waals surface area contributed by atoms with E-state index in [-0.39, 0.29) is 22.6 Å². The van der Waals surface area contributed by atoms with E-state index in [1.807, 2.05) is 53.8 Å². The van der Waals surface area contributed by atoms with Gasteiger partial charge in [0.05, 0.1) is 31.7 Å². The van der Waals surface area contributed by atoms with Gasteiger partial charge in [0.1, 0.15) is 0 Å². The fraction of sp³-hybridized carbons (Fsp3) is 0.200. The molecule has 0 saturated heterocycles. The van der Waals surface area contributed by atoms with Crippen LogP contribution in [0.2, 0.25) is 0 Å². The van der Waals surface area contributed by atoms with Crippen molar-refractivity contribution in [3.63, 3.8) is 0 Å². The average molecular weight is 560 g/mol. The molecule has 0 aliphatic heterocycles. The van der Waals surface area contributed by atoms with Crippen molar-refractivity contribution >= 4 is 71.5 Å². The minimum absolute atomic E-state index is 0.0400. The Morgan fingerprint density at radius 1 is 0.725 bits per heavy atom. The van der Waals surface area contributed by atoms with Gasteiger partial charge in [-0.05, 0) is 78.4 Å². The van der Waals surface area contributed by atoms with Crippen molar-refractivity contribution in [2.75, 3.05) is 0 Å². The third-order valence-electron chi connectivity index (χ3n) is 7.88. The molecule has 198 valence electrons. The van der Waals surface area contributed by atoms with Crippen molar-refractivity contribution in [3.8, 4) is 5.69 Å². The minimum atomic E-state index is -0.187. The van der Waals surface area contributed by atoms with Gasteiger partial charge in [-0.25, -0.2) is 0 Å². The zero-order chi connectivity index (χ0) is 28.1. The number of nitrogens with zero attached hydrogens (tertiary/aromatic N) is 1. The van der Waals surface area contributed by atoms with Crippen molar-refractivity contribution in [3.05, 3.63) is 104 Å². The van der Waals surface area contributed by atoms with Crippen LogP contribution in [0.3, 0.4) is 0 Å². The van der Waals surface area contributed by atoms with E-state index in [1.54, 1.807) is 11.3 Å². The third kappa shape index (κ3) is 3.68. The van der Waals surface area contributed by atoms with Gasteiger partial charge in [0.2, 0.25) is 0 Å². The summed E-state index contributed by atoms with van der Waals surface area (Å²) >= 11 is 3.51. The normalized spacial score (nSPS) is 13.8. The fourth-order valence-electron chi connectivity index (χ4n) is 6.06. The predicted molar refractivity (Wildman–Crippen MR) is 170 cm³/mol. The van der Waals surface area contributed by atoms with E-state index >= 15 is 0 Å². The summed E-state index contributed by atoms with van der Waals surface area (Å²) in [6.45, 7) is 13.3. The molecule has 6 aromatic rings. The van der Waals surface area contributed by atoms with Crippen LogP contribution in [0.5, 0.6) is 0 Å². The highest BCUT2D eigenvalue weighted by atomic mass is 32.1. The lowest BCUT2D eigenvalue weighted by molar-refractivity contribution is 0.0990. The molecule has 0 bridgehead atoms. The summed E-state index contributed by atoms with van der Waals surface area (Å²) in [5, 5.41) is 1.94. The van der Waals surface area contributed by atoms with E-state index in [1.165, 1.54) is 42.2 Å². The Kier molecular flexibility index (Phi) is 5.41. The first-order chi connectivity index (χ1) is 19.0. The Labute approximate surface area is 241 Å². The summed E-state index contributed by atoms with van der Waals surface area (Å²) in [6, 6.07) is 20.5. The summed E-state index contributed by atoms with van der Waals surface area (Å²) in [5.41, 5.74) is 8.55. The van der Waals surface area contributed by atoms with E-state index in [2.05, 4.69) is 70.4 Å². The van der Waals surface area contributed by atoms with Gasteiger partial charge in [-0.15, -0.1) is 22.7 Å². The molecular weight excluding hydrogens is 531 g/mol. The Bertz CT molecular complexity index is 2030. The molecule has 3 aromatic carbocycles. The zero-order valence-electron chi connectivity index (χ0n) is 23.4. The first kappa shape index (κ1) is 25.2. The van der Waals surface area contributed by atoms with Gasteiger partial charge in [0.15, 0.2) is 11.6 Å². The number of hydrogen-bond acceptors (Lipinski definition) is 4. The van der Waals surface area contributed by atoms with Crippen LogP contribution in [0, 0.1) is 20.8 Å². The molecule has 0 unspecified atom stereocenters. The number of carbonyl (C=O) groups excluding carboxylic acids is 2. The summed E-state index contributed by atoms with van der Waals surface area (Å²) in [7, 11) is 0. The SMILES string of the molecule is Cc1cc(C)c(-n2c3cc(C=C4C(=O)c5cc6ccccc6cc5C4=O)sc3c3sc(C(C)(C)C)cc32)c(C)c1. The lowest BCUT2D eigenvalue weighted by Gasteiger charge is -2.16. The molecule has 3 aromatic heterocycles. The van der Waals surface area contributed by atoms with Crippen molar-refractivity contribution in [2.24, 2.45) is 0 Å². The van der Waals surface area contributed by atoms with Gasteiger partial charge < -0.3 is 4.57 Å². The average Bonchev–Trinajstić information content (AvgIpc) is 3.61. The van der Waals surface area contributed by atoms with Gasteiger partial charge in [0, 0.05) is 20.9 Å². The first-order valence-corrected chi connectivity index (χ1v) is 15.1. The second-order valence-corrected chi connectivity index (χ2v) is 14.1. The maximum Gasteiger partial charge on any atom is 0.197 e. The van der Waals surface area contributed by atoms with Crippen molar-refractivity contribution in [2.45, 2.75) is 47.0 Å². The first-order valence-electron chi connectivity index (χ1n) is 13.5. The highest BCUT2D eigenvalue weighted by molar-refractivity contribution is 7.27. The predicted octanol–water partition coefficient (Wildman–Crippen LogP) is 9.75. The molecule has 0 fully saturated rings. The molecular formula is C35H29NO2S2. The van der Waals surface area contributed by atoms with Gasteiger partial charge >= 0.3 is 0 Å². The molecule has 0 spiro atoms. The molecule has 7 rings (SSSR count). The van der Waals surface area contributed by atoms with Crippen LogP contribution in [0.1, 0.15) is 67.9 Å². The second-order valence-electron chi connectivity index (χ2n) is 12.0. The van der Waals surface area contributed by atoms with E-state index in [9.17, 15) is 9.59 Å². The number of thiophene rings is 2. The lowest BCUT2D eigenvalue weighted by Crippen LogP contribution is -2.08. The Morgan fingerprint density at radius 2 is 1.27 bits per heavy atom. The maximum absolute atomic E-state index is 13.5. The summed E-state index contributed by atoms with van der Waals surface area (Å²) < 4.78 is 4.84. The van der Waals surface area contributed by atoms with Crippen LogP contribution < -0.4 is 0 Å². The largest absolute Gasteiger partial charge is 0.307 e. The molecule has 0 N–H and O–H groups in total. The van der Waals surface area contributed by atoms with Crippen molar-refractivity contribution < 1.29 is 9.59 Å². The number of fused-ring (bicyclic) bond motifs is 5. The molecule has 0 atom stereocenters. The van der Waals surface area contributed by atoms with E-state index in [0.29, 0.717) is 11.1 Å². The topological polar surface area (TPSA) is 39.1 Å². The number of Topliss-reactive ketones (excluding diaryl/α,β-unsaturated/α-hetero) is 2. The Hall–Kier alpha value is -3.80. The number of benzene rings is 3. The highest BCUT2D eigenvalue weighted by Gasteiger charge is 2.34. The smallest absolute Gasteiger partial charge is 0.197 e. The van der Waals surface area contributed by atoms with Crippen molar-refractivity contribution in [1.29, 1.82) is 0 Å². The van der Waals surface area contributed by atoms with Crippen LogP contribution in [-0.4, -0.2) is 16.1 Å². The number of allylic oxidation sites excluding steroid dienone is 1. The molecule has 0 amide bonds. The van der Waals surface area contributed by atoms with E-state index in [4.69, 9.17) is 0 Å². The second kappa shape index (κ2) is 8.60. The van der Waals surface area contributed by atoms with Crippen LogP contribution >= 0.6 is 22.7 Å². The van der Waals surface area contributed by atoms with Gasteiger partial charge in [-0.3, -0.25) is 9.59 Å². The summed E-state index contributed by atoms with van der Waals surface area (Å²) in [4.78, 5) is 29.2. The standard InChI is InChI=1S/C35H29NO2S2/c1-18-11-19(2)30(20(3)12-18)36-27-16-23(39-33(27)34-28(36)17-29(40-34)35(4,5)6)15-26-31(37)24-13-21-9-7-8-10-22(21)14-25(24)32(26)38/h7-17H,1-6H3. The van der Waals surface area contributed by atoms with Crippen LogP contribution in [0.15, 0.2) is 66.2 Å². The zero-order valence-corrected chi connectivity index (χ0v) is 25.1. The highest BCUT2D eigenvalue weighted by Crippen LogP contribution is 2.46. The molecule has 0 radical (unpaired) electrons. The summed E-state index contributed by atoms with van der Waals surface area (Å²) in [6.07, 6.45) is 1.81. The summed E-state index contributed by atoms with van der Waals surface area (Å²) in [5.74, 6) is -0.374. The number of hydrogen-bond donors (Lipinski definition) is 0. The number of ketones is 2. The molecule has 40 heavy (non-hydrogen) atoms. The Balaban J connectivity index is 1.44. The number of carbonyl (C=O) groups is 2. The third-order valence-corrected chi connectivity index (χ3v) is 10.7. The van der Waals surface area contributed by atoms with E-state index in [0.717, 1.165) is 21.2 Å². The van der Waals surface area contributed by atoms with Gasteiger partial charge in [-0.2, -0.15) is 0 Å². The van der Waals surface area contributed by atoms with E-state index < -0.39 is 0 Å². The molecule has 1 aliphatic carbocycles. The molecule has 3 nitrogen and oxygen atoms in total. The van der Waals surface area contributed by atoms with Crippen LogP contribution in [0.4, 0.5) is 0 Å². The van der Waals surface area contributed by atoms with Gasteiger partial charge in [-0.1, -0.05) is 62.7 Å². The molecule has 0 saturated carbocycles. The number of aromatic nitrogens is 1. The van der Waals surface area contributed by atoms with Crippen LogP contribution in [-0.2, 0) is 5.41 Å². The lowest BCUT2D eigenvalue weighted by atomic mass is 9.95.